The maximum atomic E-state index is 12.3. The maximum Gasteiger partial charge on any atom is 0.240 e. The van der Waals surface area contributed by atoms with Crippen LogP contribution in [0.4, 0.5) is 5.69 Å². The molecule has 6 nitrogen and oxygen atoms in total. The smallest absolute Gasteiger partial charge is 0.240 e. The highest BCUT2D eigenvalue weighted by molar-refractivity contribution is 8.00. The number of benzene rings is 2. The second kappa shape index (κ2) is 10.1. The molecule has 0 radical (unpaired) electrons. The van der Waals surface area contributed by atoms with Crippen molar-refractivity contribution in [1.29, 1.82) is 0 Å². The molecular weight excluding hydrogens is 408 g/mol. The largest absolute Gasteiger partial charge is 0.383 e. The van der Waals surface area contributed by atoms with Gasteiger partial charge in [-0.3, -0.25) is 4.79 Å². The number of thioether (sulfide) groups is 1. The van der Waals surface area contributed by atoms with Crippen LogP contribution in [0.3, 0.4) is 0 Å². The van der Waals surface area contributed by atoms with Gasteiger partial charge in [-0.1, -0.05) is 23.7 Å². The van der Waals surface area contributed by atoms with Gasteiger partial charge < -0.3 is 10.1 Å². The SMILES string of the molecule is COCC(C)NS(=O)(=O)c1ccc(NC(=O)CSc2ccccc2Cl)cc1. The van der Waals surface area contributed by atoms with Gasteiger partial charge in [-0.05, 0) is 43.3 Å². The first-order valence-corrected chi connectivity index (χ1v) is 10.9. The molecule has 1 atom stereocenters. The van der Waals surface area contributed by atoms with E-state index < -0.39 is 10.0 Å². The number of amides is 1. The van der Waals surface area contributed by atoms with Crippen molar-refractivity contribution in [2.24, 2.45) is 0 Å². The van der Waals surface area contributed by atoms with E-state index in [1.165, 1.54) is 31.0 Å². The molecule has 27 heavy (non-hydrogen) atoms. The van der Waals surface area contributed by atoms with Crippen LogP contribution < -0.4 is 10.0 Å². The molecule has 0 saturated heterocycles. The highest BCUT2D eigenvalue weighted by Crippen LogP contribution is 2.26. The third kappa shape index (κ3) is 6.82. The van der Waals surface area contributed by atoms with Gasteiger partial charge in [-0.25, -0.2) is 13.1 Å². The molecule has 0 heterocycles. The Morgan fingerprint density at radius 3 is 2.48 bits per heavy atom. The molecule has 9 heteroatoms. The zero-order valence-corrected chi connectivity index (χ0v) is 17.3. The summed E-state index contributed by atoms with van der Waals surface area (Å²) in [5.74, 6) is -0.0118. The van der Waals surface area contributed by atoms with Gasteiger partial charge in [-0.2, -0.15) is 0 Å². The Morgan fingerprint density at radius 2 is 1.85 bits per heavy atom. The fourth-order valence-electron chi connectivity index (χ4n) is 2.24. The van der Waals surface area contributed by atoms with Crippen LogP contribution in [0, 0.1) is 0 Å². The standard InChI is InChI=1S/C18H21ClN2O4S2/c1-13(11-25-2)21-27(23,24)15-9-7-14(8-10-15)20-18(22)12-26-17-6-4-3-5-16(17)19/h3-10,13,21H,11-12H2,1-2H3,(H,20,22). The molecule has 0 aliphatic carbocycles. The van der Waals surface area contributed by atoms with E-state index in [4.69, 9.17) is 16.3 Å². The van der Waals surface area contributed by atoms with Gasteiger partial charge in [0.05, 0.1) is 22.3 Å². The third-order valence-corrected chi connectivity index (χ3v) is 6.54. The van der Waals surface area contributed by atoms with Crippen molar-refractivity contribution in [2.45, 2.75) is 22.8 Å². The molecule has 2 aromatic carbocycles. The number of methoxy groups -OCH3 is 1. The molecule has 0 bridgehead atoms. The van der Waals surface area contributed by atoms with Crippen LogP contribution in [0.25, 0.3) is 0 Å². The van der Waals surface area contributed by atoms with Crippen LogP contribution in [-0.4, -0.2) is 39.8 Å². The van der Waals surface area contributed by atoms with Gasteiger partial charge in [-0.15, -0.1) is 11.8 Å². The third-order valence-electron chi connectivity index (χ3n) is 3.42. The first kappa shape index (κ1) is 21.7. The van der Waals surface area contributed by atoms with E-state index in [-0.39, 0.29) is 29.2 Å². The van der Waals surface area contributed by atoms with E-state index in [2.05, 4.69) is 10.0 Å². The van der Waals surface area contributed by atoms with Gasteiger partial charge in [0.25, 0.3) is 0 Å². The Hall–Kier alpha value is -1.58. The van der Waals surface area contributed by atoms with Crippen LogP contribution in [0.1, 0.15) is 6.92 Å². The number of carbonyl (C=O) groups excluding carboxylic acids is 1. The first-order chi connectivity index (χ1) is 12.8. The van der Waals surface area contributed by atoms with Crippen LogP contribution in [0.5, 0.6) is 0 Å². The fourth-order valence-corrected chi connectivity index (χ4v) is 4.50. The van der Waals surface area contributed by atoms with E-state index in [0.717, 1.165) is 4.90 Å². The lowest BCUT2D eigenvalue weighted by Gasteiger charge is -2.13. The lowest BCUT2D eigenvalue weighted by atomic mass is 10.3. The summed E-state index contributed by atoms with van der Waals surface area (Å²) in [5, 5.41) is 3.33. The molecule has 1 amide bonds. The summed E-state index contributed by atoms with van der Waals surface area (Å²) in [6, 6.07) is 12.9. The molecule has 0 aliphatic rings. The molecule has 2 N–H and O–H groups in total. The number of sulfonamides is 1. The fraction of sp³-hybridized carbons (Fsp3) is 0.278. The molecule has 0 fully saturated rings. The minimum Gasteiger partial charge on any atom is -0.383 e. The lowest BCUT2D eigenvalue weighted by molar-refractivity contribution is -0.113. The van der Waals surface area contributed by atoms with E-state index in [9.17, 15) is 13.2 Å². The number of rotatable bonds is 9. The quantitative estimate of drug-likeness (QED) is 0.598. The molecule has 0 aliphatic heterocycles. The zero-order chi connectivity index (χ0) is 19.9. The van der Waals surface area contributed by atoms with E-state index in [1.807, 2.05) is 18.2 Å². The summed E-state index contributed by atoms with van der Waals surface area (Å²) in [5.41, 5.74) is 0.517. The van der Waals surface area contributed by atoms with Gasteiger partial charge in [0, 0.05) is 23.7 Å². The summed E-state index contributed by atoms with van der Waals surface area (Å²) in [4.78, 5) is 13.0. The van der Waals surface area contributed by atoms with Crippen molar-refractivity contribution < 1.29 is 17.9 Å². The molecule has 0 aromatic heterocycles. The Bertz CT molecular complexity index is 873. The minimum absolute atomic E-state index is 0.119. The van der Waals surface area contributed by atoms with E-state index in [1.54, 1.807) is 25.1 Å². The number of carbonyl (C=O) groups is 1. The number of anilines is 1. The van der Waals surface area contributed by atoms with Gasteiger partial charge in [0.1, 0.15) is 0 Å². The van der Waals surface area contributed by atoms with E-state index >= 15 is 0 Å². The predicted molar refractivity (Wildman–Crippen MR) is 109 cm³/mol. The second-order valence-electron chi connectivity index (χ2n) is 5.77. The number of halogens is 1. The summed E-state index contributed by atoms with van der Waals surface area (Å²) in [6.07, 6.45) is 0. The Balaban J connectivity index is 1.93. The second-order valence-corrected chi connectivity index (χ2v) is 8.91. The summed E-state index contributed by atoms with van der Waals surface area (Å²) >= 11 is 7.39. The number of hydrogen-bond acceptors (Lipinski definition) is 5. The Kier molecular flexibility index (Phi) is 8.12. The van der Waals surface area contributed by atoms with Crippen molar-refractivity contribution in [2.75, 3.05) is 24.8 Å². The normalized spacial score (nSPS) is 12.6. The molecule has 0 spiro atoms. The van der Waals surface area contributed by atoms with Crippen molar-refractivity contribution in [3.8, 4) is 0 Å². The molecule has 0 saturated carbocycles. The number of nitrogens with one attached hydrogen (secondary N) is 2. The van der Waals surface area contributed by atoms with Crippen LogP contribution in [-0.2, 0) is 19.6 Å². The summed E-state index contributed by atoms with van der Waals surface area (Å²) < 4.78 is 32.0. The average molecular weight is 429 g/mol. The lowest BCUT2D eigenvalue weighted by Crippen LogP contribution is -2.35. The molecular formula is C18H21ClN2O4S2. The average Bonchev–Trinajstić information content (AvgIpc) is 2.61. The van der Waals surface area contributed by atoms with Crippen molar-refractivity contribution in [3.63, 3.8) is 0 Å². The maximum absolute atomic E-state index is 12.3. The predicted octanol–water partition coefficient (Wildman–Crippen LogP) is 3.38. The van der Waals surface area contributed by atoms with Gasteiger partial charge in [0.15, 0.2) is 0 Å². The monoisotopic (exact) mass is 428 g/mol. The van der Waals surface area contributed by atoms with E-state index in [0.29, 0.717) is 10.7 Å². The molecule has 1 unspecified atom stereocenters. The van der Waals surface area contributed by atoms with Gasteiger partial charge >= 0.3 is 0 Å². The van der Waals surface area contributed by atoms with Crippen LogP contribution in [0.15, 0.2) is 58.3 Å². The highest BCUT2D eigenvalue weighted by atomic mass is 35.5. The molecule has 2 aromatic rings. The van der Waals surface area contributed by atoms with Crippen molar-refractivity contribution in [1.82, 2.24) is 4.72 Å². The van der Waals surface area contributed by atoms with Crippen LogP contribution in [0.2, 0.25) is 5.02 Å². The van der Waals surface area contributed by atoms with Crippen LogP contribution >= 0.6 is 23.4 Å². The topological polar surface area (TPSA) is 84.5 Å². The highest BCUT2D eigenvalue weighted by Gasteiger charge is 2.17. The molecule has 2 rings (SSSR count). The summed E-state index contributed by atoms with van der Waals surface area (Å²) in [7, 11) is -2.13. The van der Waals surface area contributed by atoms with Crippen molar-refractivity contribution >= 4 is 45.0 Å². The molecule has 146 valence electrons. The summed E-state index contributed by atoms with van der Waals surface area (Å²) in [6.45, 7) is 1.99. The number of ether oxygens (including phenoxy) is 1. The Labute approximate surface area is 168 Å². The van der Waals surface area contributed by atoms with Crippen molar-refractivity contribution in [3.05, 3.63) is 53.6 Å². The number of hydrogen-bond donors (Lipinski definition) is 2. The zero-order valence-electron chi connectivity index (χ0n) is 14.9. The Morgan fingerprint density at radius 1 is 1.19 bits per heavy atom. The minimum atomic E-state index is -3.64. The first-order valence-electron chi connectivity index (χ1n) is 8.10. The van der Waals surface area contributed by atoms with Gasteiger partial charge in [0.2, 0.25) is 15.9 Å².